The fraction of sp³-hybridized carbons (Fsp3) is 0.250. The van der Waals surface area contributed by atoms with Gasteiger partial charge in [-0.2, -0.15) is 0 Å². The molecule has 8 heteroatoms. The van der Waals surface area contributed by atoms with Gasteiger partial charge in [0.2, 0.25) is 6.79 Å². The molecule has 1 aliphatic carbocycles. The van der Waals surface area contributed by atoms with Gasteiger partial charge >= 0.3 is 5.97 Å². The molecular weight excluding hydrogens is 430 g/mol. The molecule has 2 aromatic carbocycles. The van der Waals surface area contributed by atoms with Gasteiger partial charge < -0.3 is 24.3 Å². The predicted molar refractivity (Wildman–Crippen MR) is 120 cm³/mol. The SMILES string of the molecule is COc1ccc2c(c1)CCc1cc(C(=O)O[C@@H](C)C(=O)Nc3ccc4c(c3)OCO4)sc1-2. The summed E-state index contributed by atoms with van der Waals surface area (Å²) in [5.41, 5.74) is 3.98. The zero-order chi connectivity index (χ0) is 22.2. The highest BCUT2D eigenvalue weighted by Gasteiger charge is 2.25. The van der Waals surface area contributed by atoms with E-state index in [9.17, 15) is 9.59 Å². The third-order valence-corrected chi connectivity index (χ3v) is 6.71. The van der Waals surface area contributed by atoms with Crippen molar-refractivity contribution < 1.29 is 28.5 Å². The number of anilines is 1. The van der Waals surface area contributed by atoms with Crippen LogP contribution in [0, 0.1) is 0 Å². The number of ether oxygens (including phenoxy) is 4. The topological polar surface area (TPSA) is 83.1 Å². The van der Waals surface area contributed by atoms with Crippen LogP contribution in [-0.2, 0) is 22.4 Å². The van der Waals surface area contributed by atoms with Gasteiger partial charge in [0.25, 0.3) is 5.91 Å². The Balaban J connectivity index is 1.27. The summed E-state index contributed by atoms with van der Waals surface area (Å²) in [4.78, 5) is 26.8. The van der Waals surface area contributed by atoms with Gasteiger partial charge in [0.05, 0.1) is 7.11 Å². The number of esters is 1. The molecule has 164 valence electrons. The number of benzene rings is 2. The van der Waals surface area contributed by atoms with Crippen molar-refractivity contribution in [1.29, 1.82) is 0 Å². The van der Waals surface area contributed by atoms with E-state index in [0.29, 0.717) is 22.1 Å². The molecule has 0 saturated heterocycles. The Morgan fingerprint density at radius 3 is 2.69 bits per heavy atom. The number of carbonyl (C=O) groups is 2. The zero-order valence-corrected chi connectivity index (χ0v) is 18.4. The first kappa shape index (κ1) is 20.4. The molecule has 1 N–H and O–H groups in total. The number of fused-ring (bicyclic) bond motifs is 4. The van der Waals surface area contributed by atoms with Crippen molar-refractivity contribution in [2.75, 3.05) is 19.2 Å². The van der Waals surface area contributed by atoms with E-state index in [1.54, 1.807) is 32.2 Å². The van der Waals surface area contributed by atoms with Gasteiger partial charge in [0, 0.05) is 16.6 Å². The molecule has 3 aromatic rings. The number of amides is 1. The zero-order valence-electron chi connectivity index (χ0n) is 17.6. The maximum atomic E-state index is 12.7. The van der Waals surface area contributed by atoms with E-state index in [1.165, 1.54) is 16.9 Å². The van der Waals surface area contributed by atoms with E-state index < -0.39 is 18.0 Å². The highest BCUT2D eigenvalue weighted by atomic mass is 32.1. The summed E-state index contributed by atoms with van der Waals surface area (Å²) in [6.07, 6.45) is 0.780. The van der Waals surface area contributed by atoms with Crippen LogP contribution in [0.25, 0.3) is 10.4 Å². The van der Waals surface area contributed by atoms with Crippen LogP contribution in [0.3, 0.4) is 0 Å². The van der Waals surface area contributed by atoms with E-state index in [2.05, 4.69) is 5.32 Å². The molecule has 1 aromatic heterocycles. The number of methoxy groups -OCH3 is 1. The number of nitrogens with one attached hydrogen (secondary N) is 1. The van der Waals surface area contributed by atoms with Gasteiger partial charge in [-0.1, -0.05) is 0 Å². The molecule has 1 aliphatic heterocycles. The first-order valence-electron chi connectivity index (χ1n) is 10.2. The summed E-state index contributed by atoms with van der Waals surface area (Å²) in [5, 5.41) is 2.74. The van der Waals surface area contributed by atoms with Gasteiger partial charge in [-0.15, -0.1) is 11.3 Å². The second-order valence-corrected chi connectivity index (χ2v) is 8.65. The molecule has 0 unspecified atom stereocenters. The normalized spacial score (nSPS) is 14.2. The smallest absolute Gasteiger partial charge is 0.349 e. The average molecular weight is 452 g/mol. The van der Waals surface area contributed by atoms with Crippen LogP contribution < -0.4 is 19.5 Å². The minimum absolute atomic E-state index is 0.156. The summed E-state index contributed by atoms with van der Waals surface area (Å²) >= 11 is 1.39. The molecular formula is C24H21NO6S. The standard InChI is InChI=1S/C24H21NO6S/c1-13(23(26)25-16-5-8-19-20(11-16)30-12-29-19)31-24(27)21-10-15-4-3-14-9-17(28-2)6-7-18(14)22(15)32-21/h5-11,13H,3-4,12H2,1-2H3,(H,25,26)/t13-/m0/s1. The summed E-state index contributed by atoms with van der Waals surface area (Å²) in [6.45, 7) is 1.71. The molecule has 1 amide bonds. The minimum Gasteiger partial charge on any atom is -0.497 e. The van der Waals surface area contributed by atoms with Crippen LogP contribution in [0.15, 0.2) is 42.5 Å². The molecule has 2 heterocycles. The lowest BCUT2D eigenvalue weighted by Crippen LogP contribution is -2.29. The van der Waals surface area contributed by atoms with Crippen molar-refractivity contribution in [2.24, 2.45) is 0 Å². The largest absolute Gasteiger partial charge is 0.497 e. The third kappa shape index (κ3) is 3.78. The number of aryl methyl sites for hydroxylation is 2. The predicted octanol–water partition coefficient (Wildman–Crippen LogP) is 4.44. The van der Waals surface area contributed by atoms with E-state index >= 15 is 0 Å². The maximum Gasteiger partial charge on any atom is 0.349 e. The van der Waals surface area contributed by atoms with E-state index in [4.69, 9.17) is 18.9 Å². The quantitative estimate of drug-likeness (QED) is 0.578. The third-order valence-electron chi connectivity index (χ3n) is 5.52. The molecule has 0 saturated carbocycles. The molecule has 0 fully saturated rings. The van der Waals surface area contributed by atoms with Crippen molar-refractivity contribution >= 4 is 28.9 Å². The number of hydrogen-bond donors (Lipinski definition) is 1. The van der Waals surface area contributed by atoms with Gasteiger partial charge in [-0.3, -0.25) is 4.79 Å². The van der Waals surface area contributed by atoms with Crippen LogP contribution in [0.4, 0.5) is 5.69 Å². The molecule has 5 rings (SSSR count). The maximum absolute atomic E-state index is 12.7. The Kier molecular flexibility index (Phi) is 5.22. The number of carbonyl (C=O) groups excluding carboxylic acids is 2. The summed E-state index contributed by atoms with van der Waals surface area (Å²) < 4.78 is 21.4. The van der Waals surface area contributed by atoms with Gasteiger partial charge in [-0.25, -0.2) is 4.79 Å². The fourth-order valence-corrected chi connectivity index (χ4v) is 4.98. The number of rotatable bonds is 5. The first-order chi connectivity index (χ1) is 15.5. The second kappa shape index (κ2) is 8.20. The molecule has 0 bridgehead atoms. The molecule has 7 nitrogen and oxygen atoms in total. The Bertz CT molecular complexity index is 1220. The van der Waals surface area contributed by atoms with Crippen LogP contribution in [0.1, 0.15) is 27.7 Å². The van der Waals surface area contributed by atoms with Crippen molar-refractivity contribution in [3.8, 4) is 27.7 Å². The summed E-state index contributed by atoms with van der Waals surface area (Å²) in [6, 6.07) is 13.0. The van der Waals surface area contributed by atoms with Gasteiger partial charge in [0.1, 0.15) is 10.6 Å². The Labute approximate surface area is 188 Å². The lowest BCUT2D eigenvalue weighted by atomic mass is 9.91. The number of hydrogen-bond acceptors (Lipinski definition) is 7. The van der Waals surface area contributed by atoms with E-state index in [0.717, 1.165) is 34.6 Å². The highest BCUT2D eigenvalue weighted by molar-refractivity contribution is 7.17. The van der Waals surface area contributed by atoms with Crippen LogP contribution in [0.5, 0.6) is 17.2 Å². The van der Waals surface area contributed by atoms with Crippen LogP contribution in [-0.4, -0.2) is 31.9 Å². The Hall–Kier alpha value is -3.52. The second-order valence-electron chi connectivity index (χ2n) is 7.59. The van der Waals surface area contributed by atoms with Crippen LogP contribution in [0.2, 0.25) is 0 Å². The van der Waals surface area contributed by atoms with Gasteiger partial charge in [0.15, 0.2) is 17.6 Å². The summed E-state index contributed by atoms with van der Waals surface area (Å²) in [7, 11) is 1.65. The van der Waals surface area contributed by atoms with Crippen molar-refractivity contribution in [2.45, 2.75) is 25.9 Å². The van der Waals surface area contributed by atoms with Crippen molar-refractivity contribution in [3.05, 3.63) is 58.5 Å². The van der Waals surface area contributed by atoms with E-state index in [1.807, 2.05) is 24.3 Å². The Morgan fingerprint density at radius 2 is 1.84 bits per heavy atom. The van der Waals surface area contributed by atoms with Gasteiger partial charge in [-0.05, 0) is 72.9 Å². The molecule has 1 atom stereocenters. The molecule has 0 radical (unpaired) electrons. The first-order valence-corrected chi connectivity index (χ1v) is 11.0. The monoisotopic (exact) mass is 451 g/mol. The van der Waals surface area contributed by atoms with Crippen molar-refractivity contribution in [1.82, 2.24) is 0 Å². The lowest BCUT2D eigenvalue weighted by molar-refractivity contribution is -0.123. The van der Waals surface area contributed by atoms with E-state index in [-0.39, 0.29) is 6.79 Å². The summed E-state index contributed by atoms with van der Waals surface area (Å²) in [5.74, 6) is 1.09. The van der Waals surface area contributed by atoms with Crippen molar-refractivity contribution in [3.63, 3.8) is 0 Å². The molecule has 0 spiro atoms. The Morgan fingerprint density at radius 1 is 1.03 bits per heavy atom. The van der Waals surface area contributed by atoms with Crippen LogP contribution >= 0.6 is 11.3 Å². The molecule has 2 aliphatic rings. The number of thiophene rings is 1. The molecule has 32 heavy (non-hydrogen) atoms. The average Bonchev–Trinajstić information content (AvgIpc) is 3.45. The fourth-order valence-electron chi connectivity index (χ4n) is 3.83. The minimum atomic E-state index is -0.955. The highest BCUT2D eigenvalue weighted by Crippen LogP contribution is 2.41. The lowest BCUT2D eigenvalue weighted by Gasteiger charge is -2.16.